The number of hydrogen-bond donors (Lipinski definition) is 1. The first-order chi connectivity index (χ1) is 13.9. The topological polar surface area (TPSA) is 77.4 Å². The van der Waals surface area contributed by atoms with Gasteiger partial charge in [-0.25, -0.2) is 8.42 Å². The molecule has 0 aromatic rings. The van der Waals surface area contributed by atoms with Gasteiger partial charge in [-0.2, -0.15) is 0 Å². The fourth-order valence-electron chi connectivity index (χ4n) is 3.98. The zero-order valence-electron chi connectivity index (χ0n) is 20.4. The number of unbranched alkanes of at least 4 members (excludes halogenated alkanes) is 13. The van der Waals surface area contributed by atoms with Crippen LogP contribution in [0.3, 0.4) is 0 Å². The van der Waals surface area contributed by atoms with E-state index in [2.05, 4.69) is 6.92 Å². The van der Waals surface area contributed by atoms with E-state index in [0.29, 0.717) is 12.8 Å². The van der Waals surface area contributed by atoms with Crippen LogP contribution in [0.4, 0.5) is 0 Å². The molecule has 0 radical (unpaired) electrons. The van der Waals surface area contributed by atoms with Gasteiger partial charge in [0.2, 0.25) is 0 Å². The molecule has 0 spiro atoms. The Morgan fingerprint density at radius 3 is 1.33 bits per heavy atom. The molecular weight excluding hydrogens is 407 g/mol. The summed E-state index contributed by atoms with van der Waals surface area (Å²) in [6.07, 6.45) is 21.2. The first-order valence-electron chi connectivity index (χ1n) is 12.5. The minimum absolute atomic E-state index is 0. The minimum atomic E-state index is -4.13. The number of aliphatic hydroxyl groups excluding tert-OH is 1. The molecule has 0 rings (SSSR count). The fourth-order valence-corrected chi connectivity index (χ4v) is 4.89. The van der Waals surface area contributed by atoms with Gasteiger partial charge < -0.3 is 9.66 Å². The summed E-state index contributed by atoms with van der Waals surface area (Å²) in [5.74, 6) is 0. The number of rotatable bonds is 22. The molecule has 0 amide bonds. The Bertz CT molecular complexity index is 442. The first-order valence-corrected chi connectivity index (χ1v) is 14.0. The van der Waals surface area contributed by atoms with E-state index in [1.54, 1.807) is 0 Å². The summed E-state index contributed by atoms with van der Waals surface area (Å²) >= 11 is 0. The zero-order valence-corrected chi connectivity index (χ0v) is 23.2. The average Bonchev–Trinajstić information content (AvgIpc) is 2.67. The Morgan fingerprint density at radius 1 is 0.600 bits per heavy atom. The van der Waals surface area contributed by atoms with E-state index in [1.165, 1.54) is 57.8 Å². The maximum Gasteiger partial charge on any atom is 1.00 e. The Hall–Kier alpha value is 0.870. The van der Waals surface area contributed by atoms with Crippen LogP contribution in [0.15, 0.2) is 0 Å². The summed E-state index contributed by atoms with van der Waals surface area (Å²) < 4.78 is 33.9. The van der Waals surface area contributed by atoms with Crippen molar-refractivity contribution >= 4 is 10.1 Å². The fraction of sp³-hybridized carbons (Fsp3) is 1.00. The van der Waals surface area contributed by atoms with E-state index in [1.807, 2.05) is 6.92 Å². The third-order valence-electron chi connectivity index (χ3n) is 5.99. The first kappa shape index (κ1) is 33.0. The normalized spacial score (nSPS) is 13.7. The van der Waals surface area contributed by atoms with Gasteiger partial charge in [0.15, 0.2) is 0 Å². The second-order valence-electron chi connectivity index (χ2n) is 8.87. The van der Waals surface area contributed by atoms with Crippen molar-refractivity contribution in [3.63, 3.8) is 0 Å². The summed E-state index contributed by atoms with van der Waals surface area (Å²) in [6, 6.07) is 0. The predicted molar refractivity (Wildman–Crippen MR) is 123 cm³/mol. The van der Waals surface area contributed by atoms with E-state index >= 15 is 0 Å². The van der Waals surface area contributed by atoms with Gasteiger partial charge in [-0.15, -0.1) is 0 Å². The van der Waals surface area contributed by atoms with Gasteiger partial charge in [0, 0.05) is 5.25 Å². The third-order valence-corrected chi connectivity index (χ3v) is 7.28. The van der Waals surface area contributed by atoms with Crippen molar-refractivity contribution in [1.82, 2.24) is 0 Å². The summed E-state index contributed by atoms with van der Waals surface area (Å²) in [5, 5.41) is 9.37. The van der Waals surface area contributed by atoms with Crippen LogP contribution < -0.4 is 29.6 Å². The number of hydrogen-bond acceptors (Lipinski definition) is 4. The molecule has 0 bridgehead atoms. The molecule has 1 N–H and O–H groups in total. The maximum absolute atomic E-state index is 11.3. The van der Waals surface area contributed by atoms with Crippen molar-refractivity contribution < 1.29 is 47.6 Å². The van der Waals surface area contributed by atoms with E-state index in [-0.39, 0.29) is 35.7 Å². The van der Waals surface area contributed by atoms with E-state index in [9.17, 15) is 18.1 Å². The van der Waals surface area contributed by atoms with Gasteiger partial charge in [0.25, 0.3) is 0 Å². The van der Waals surface area contributed by atoms with Crippen LogP contribution in [0.5, 0.6) is 0 Å². The molecular formula is C24H49NaO4S. The molecule has 4 nitrogen and oxygen atoms in total. The monoisotopic (exact) mass is 456 g/mol. The van der Waals surface area contributed by atoms with Crippen molar-refractivity contribution in [3.05, 3.63) is 0 Å². The van der Waals surface area contributed by atoms with Gasteiger partial charge in [0.05, 0.1) is 16.2 Å². The molecule has 0 aliphatic carbocycles. The Morgan fingerprint density at radius 2 is 0.933 bits per heavy atom. The molecule has 0 aliphatic heterocycles. The Kier molecular flexibility index (Phi) is 25.4. The van der Waals surface area contributed by atoms with Crippen molar-refractivity contribution in [1.29, 1.82) is 0 Å². The molecule has 0 fully saturated rings. The quantitative estimate of drug-likeness (QED) is 0.151. The SMILES string of the molecule is CCCCCCCCC(O)CCCCCCCCCCC(CCCC)S(=O)(=O)[O-].[Na+]. The molecule has 30 heavy (non-hydrogen) atoms. The van der Waals surface area contributed by atoms with Gasteiger partial charge in [-0.1, -0.05) is 117 Å². The molecule has 176 valence electrons. The van der Waals surface area contributed by atoms with Crippen LogP contribution in [0, 0.1) is 0 Å². The van der Waals surface area contributed by atoms with E-state index in [4.69, 9.17) is 0 Å². The second kappa shape index (κ2) is 23.0. The van der Waals surface area contributed by atoms with Crippen molar-refractivity contribution in [2.45, 2.75) is 154 Å². The zero-order chi connectivity index (χ0) is 21.8. The largest absolute Gasteiger partial charge is 1.00 e. The summed E-state index contributed by atoms with van der Waals surface area (Å²) in [5.41, 5.74) is 0. The standard InChI is InChI=1S/C24H50O4S.Na/c1-3-5-7-8-13-16-19-23(25)20-17-14-11-9-10-12-15-18-22-24(21-6-4-2)29(26,27)28;/h23-25H,3-22H2,1-2H3,(H,26,27,28);/q;+1/p-1. The van der Waals surface area contributed by atoms with Crippen molar-refractivity contribution in [2.75, 3.05) is 0 Å². The van der Waals surface area contributed by atoms with Crippen LogP contribution in [0.1, 0.15) is 142 Å². The molecule has 0 saturated heterocycles. The minimum Gasteiger partial charge on any atom is -0.748 e. The maximum atomic E-state index is 11.3. The Labute approximate surface area is 210 Å². The molecule has 0 saturated carbocycles. The van der Waals surface area contributed by atoms with E-state index < -0.39 is 15.4 Å². The summed E-state index contributed by atoms with van der Waals surface area (Å²) in [6.45, 7) is 4.25. The van der Waals surface area contributed by atoms with Gasteiger partial charge in [0.1, 0.15) is 0 Å². The second-order valence-corrected chi connectivity index (χ2v) is 10.5. The van der Waals surface area contributed by atoms with Crippen LogP contribution in [-0.2, 0) is 10.1 Å². The third kappa shape index (κ3) is 22.1. The predicted octanol–water partition coefficient (Wildman–Crippen LogP) is 4.11. The Balaban J connectivity index is 0. The molecule has 2 atom stereocenters. The van der Waals surface area contributed by atoms with Crippen LogP contribution >= 0.6 is 0 Å². The van der Waals surface area contributed by atoms with Crippen molar-refractivity contribution in [3.8, 4) is 0 Å². The average molecular weight is 457 g/mol. The smallest absolute Gasteiger partial charge is 0.748 e. The molecule has 0 aliphatic rings. The summed E-state index contributed by atoms with van der Waals surface area (Å²) in [7, 11) is -4.13. The molecule has 0 aromatic heterocycles. The van der Waals surface area contributed by atoms with Gasteiger partial charge in [-0.05, 0) is 25.7 Å². The molecule has 0 aromatic carbocycles. The number of aliphatic hydroxyl groups is 1. The molecule has 0 heterocycles. The van der Waals surface area contributed by atoms with E-state index in [0.717, 1.165) is 57.8 Å². The van der Waals surface area contributed by atoms with Crippen molar-refractivity contribution in [2.24, 2.45) is 0 Å². The molecule has 2 unspecified atom stereocenters. The van der Waals surface area contributed by atoms with Crippen LogP contribution in [-0.4, -0.2) is 29.4 Å². The molecule has 6 heteroatoms. The van der Waals surface area contributed by atoms with Crippen LogP contribution in [0.25, 0.3) is 0 Å². The van der Waals surface area contributed by atoms with Gasteiger partial charge >= 0.3 is 29.6 Å². The van der Waals surface area contributed by atoms with Crippen LogP contribution in [0.2, 0.25) is 0 Å². The summed E-state index contributed by atoms with van der Waals surface area (Å²) in [4.78, 5) is 0. The van der Waals surface area contributed by atoms with Gasteiger partial charge in [-0.3, -0.25) is 0 Å².